The van der Waals surface area contributed by atoms with E-state index in [0.717, 1.165) is 13.2 Å². The molecule has 0 aliphatic rings. The largest absolute Gasteiger partial charge is 0.378 e. The highest BCUT2D eigenvalue weighted by Crippen LogP contribution is 1.92. The van der Waals surface area contributed by atoms with Gasteiger partial charge in [0.1, 0.15) is 0 Å². The lowest BCUT2D eigenvalue weighted by atomic mass is 10.3. The van der Waals surface area contributed by atoms with Gasteiger partial charge in [0.15, 0.2) is 0 Å². The maximum Gasteiger partial charge on any atom is 0.0650 e. The van der Waals surface area contributed by atoms with Crippen LogP contribution in [0.3, 0.4) is 0 Å². The first-order chi connectivity index (χ1) is 5.81. The highest BCUT2D eigenvalue weighted by Gasteiger charge is 1.77. The van der Waals surface area contributed by atoms with Gasteiger partial charge >= 0.3 is 0 Å². The third-order valence-corrected chi connectivity index (χ3v) is 1.25. The Balaban J connectivity index is 0. The minimum absolute atomic E-state index is 0.724. The molecule has 0 N–H and O–H groups in total. The number of hydrogen-bond donors (Lipinski definition) is 0. The van der Waals surface area contributed by atoms with Crippen molar-refractivity contribution in [3.63, 3.8) is 0 Å². The fourth-order valence-corrected chi connectivity index (χ4v) is 0.516. The Bertz CT molecular complexity index is 152. The highest BCUT2D eigenvalue weighted by atomic mass is 16.5. The van der Waals surface area contributed by atoms with Gasteiger partial charge in [-0.15, -0.1) is 12.8 Å². The van der Waals surface area contributed by atoms with Crippen LogP contribution in [0.1, 0.15) is 20.8 Å². The predicted molar refractivity (Wildman–Crippen MR) is 55.0 cm³/mol. The summed E-state index contributed by atoms with van der Waals surface area (Å²) in [4.78, 5) is 0. The lowest BCUT2D eigenvalue weighted by Crippen LogP contribution is -1.87. The average Bonchev–Trinajstić information content (AvgIpc) is 2.15. The van der Waals surface area contributed by atoms with Crippen molar-refractivity contribution in [3.8, 4) is 12.8 Å². The van der Waals surface area contributed by atoms with Crippen LogP contribution in [0.5, 0.6) is 0 Å². The lowest BCUT2D eigenvalue weighted by molar-refractivity contribution is 0.177. The first-order valence-corrected chi connectivity index (χ1v) is 4.01. The van der Waals surface area contributed by atoms with Crippen molar-refractivity contribution in [2.75, 3.05) is 13.2 Å². The van der Waals surface area contributed by atoms with Crippen LogP contribution in [0.4, 0.5) is 0 Å². The molecule has 0 heterocycles. The van der Waals surface area contributed by atoms with Gasteiger partial charge in [-0.05, 0) is 20.8 Å². The van der Waals surface area contributed by atoms with E-state index in [-0.39, 0.29) is 0 Å². The molecule has 0 aliphatic carbocycles. The van der Waals surface area contributed by atoms with E-state index in [2.05, 4.69) is 31.9 Å². The minimum Gasteiger partial charge on any atom is -0.378 e. The second-order valence-electron chi connectivity index (χ2n) is 2.09. The van der Waals surface area contributed by atoms with Crippen molar-refractivity contribution < 1.29 is 4.74 Å². The number of ether oxygens (including phenoxy) is 1. The van der Waals surface area contributed by atoms with E-state index in [9.17, 15) is 0 Å². The maximum atomic E-state index is 5.11. The summed E-state index contributed by atoms with van der Waals surface area (Å²) in [7, 11) is 0. The molecular formula is C11H18O. The van der Waals surface area contributed by atoms with Gasteiger partial charge in [-0.2, -0.15) is 0 Å². The summed E-state index contributed by atoms with van der Waals surface area (Å²) >= 11 is 0. The van der Waals surface area contributed by atoms with Crippen molar-refractivity contribution >= 4 is 0 Å². The van der Waals surface area contributed by atoms with Crippen LogP contribution in [-0.4, -0.2) is 13.2 Å². The van der Waals surface area contributed by atoms with Gasteiger partial charge in [0.2, 0.25) is 0 Å². The van der Waals surface area contributed by atoms with Gasteiger partial charge in [0.25, 0.3) is 0 Å². The number of rotatable bonds is 4. The number of terminal acetylenes is 1. The molecule has 0 aromatic heterocycles. The Morgan fingerprint density at radius 1 is 1.42 bits per heavy atom. The fraction of sp³-hybridized carbons (Fsp3) is 0.455. The summed E-state index contributed by atoms with van der Waals surface area (Å²) in [6.07, 6.45) is 14.2. The summed E-state index contributed by atoms with van der Waals surface area (Å²) in [5.74, 6) is 0. The summed E-state index contributed by atoms with van der Waals surface area (Å²) < 4.78 is 5.11. The molecule has 68 valence electrons. The van der Waals surface area contributed by atoms with Crippen LogP contribution in [0.25, 0.3) is 0 Å². The molecule has 0 unspecified atom stereocenters. The zero-order valence-electron chi connectivity index (χ0n) is 8.21. The van der Waals surface area contributed by atoms with Gasteiger partial charge in [0.05, 0.1) is 6.61 Å². The standard InChI is InChI=1S/C9H16O.C2H2/c1-4-9(3)7-6-8-10-5-2;1-2/h4,6-7H,5,8H2,1-3H3;1-2H/b7-6-,9-4-;. The van der Waals surface area contributed by atoms with Crippen LogP contribution >= 0.6 is 0 Å². The topological polar surface area (TPSA) is 9.23 Å². The second kappa shape index (κ2) is 12.7. The van der Waals surface area contributed by atoms with Gasteiger partial charge in [0, 0.05) is 6.61 Å². The molecule has 0 aromatic rings. The van der Waals surface area contributed by atoms with Crippen LogP contribution in [0, 0.1) is 12.8 Å². The zero-order chi connectivity index (χ0) is 9.82. The van der Waals surface area contributed by atoms with E-state index in [0.29, 0.717) is 0 Å². The van der Waals surface area contributed by atoms with Crippen molar-refractivity contribution in [3.05, 3.63) is 23.8 Å². The van der Waals surface area contributed by atoms with E-state index >= 15 is 0 Å². The Morgan fingerprint density at radius 2 is 2.00 bits per heavy atom. The van der Waals surface area contributed by atoms with Crippen molar-refractivity contribution in [1.29, 1.82) is 0 Å². The van der Waals surface area contributed by atoms with Gasteiger partial charge in [-0.25, -0.2) is 0 Å². The SMILES string of the molecule is C#C.C/C=C(C)\C=C/COCC. The van der Waals surface area contributed by atoms with Crippen molar-refractivity contribution in [1.82, 2.24) is 0 Å². The lowest BCUT2D eigenvalue weighted by Gasteiger charge is -1.92. The van der Waals surface area contributed by atoms with E-state index in [1.165, 1.54) is 5.57 Å². The zero-order valence-corrected chi connectivity index (χ0v) is 8.21. The van der Waals surface area contributed by atoms with Gasteiger partial charge < -0.3 is 4.74 Å². The average molecular weight is 166 g/mol. The summed E-state index contributed by atoms with van der Waals surface area (Å²) in [5, 5.41) is 0. The predicted octanol–water partition coefficient (Wildman–Crippen LogP) is 2.79. The summed E-state index contributed by atoms with van der Waals surface area (Å²) in [6.45, 7) is 7.61. The Kier molecular flexibility index (Phi) is 14.3. The van der Waals surface area contributed by atoms with Crippen LogP contribution < -0.4 is 0 Å². The summed E-state index contributed by atoms with van der Waals surface area (Å²) in [5.41, 5.74) is 1.28. The van der Waals surface area contributed by atoms with Gasteiger partial charge in [-0.3, -0.25) is 0 Å². The molecule has 0 saturated carbocycles. The first-order valence-electron chi connectivity index (χ1n) is 4.01. The highest BCUT2D eigenvalue weighted by molar-refractivity contribution is 5.14. The van der Waals surface area contributed by atoms with Crippen LogP contribution in [0.15, 0.2) is 23.8 Å². The molecule has 1 nitrogen and oxygen atoms in total. The number of hydrogen-bond acceptors (Lipinski definition) is 1. The van der Waals surface area contributed by atoms with E-state index < -0.39 is 0 Å². The minimum atomic E-state index is 0.724. The Hall–Kier alpha value is -1.00. The fourth-order valence-electron chi connectivity index (χ4n) is 0.516. The third-order valence-electron chi connectivity index (χ3n) is 1.25. The van der Waals surface area contributed by atoms with E-state index in [1.807, 2.05) is 19.9 Å². The molecular weight excluding hydrogens is 148 g/mol. The molecule has 0 spiro atoms. The molecule has 0 bridgehead atoms. The van der Waals surface area contributed by atoms with Crippen LogP contribution in [0.2, 0.25) is 0 Å². The van der Waals surface area contributed by atoms with Gasteiger partial charge in [-0.1, -0.05) is 23.8 Å². The second-order valence-corrected chi connectivity index (χ2v) is 2.09. The third kappa shape index (κ3) is 11.8. The number of allylic oxidation sites excluding steroid dienone is 3. The summed E-state index contributed by atoms with van der Waals surface area (Å²) in [6, 6.07) is 0. The molecule has 0 rings (SSSR count). The van der Waals surface area contributed by atoms with Crippen LogP contribution in [-0.2, 0) is 4.74 Å². The quantitative estimate of drug-likeness (QED) is 0.354. The normalized spacial score (nSPS) is 10.9. The maximum absolute atomic E-state index is 5.11. The van der Waals surface area contributed by atoms with Crippen molar-refractivity contribution in [2.24, 2.45) is 0 Å². The molecule has 0 aromatic carbocycles. The molecule has 12 heavy (non-hydrogen) atoms. The Morgan fingerprint density at radius 3 is 2.42 bits per heavy atom. The Labute approximate surface area is 76.1 Å². The smallest absolute Gasteiger partial charge is 0.0650 e. The van der Waals surface area contributed by atoms with E-state index in [4.69, 9.17) is 4.74 Å². The van der Waals surface area contributed by atoms with E-state index in [1.54, 1.807) is 0 Å². The monoisotopic (exact) mass is 166 g/mol. The molecule has 0 fully saturated rings. The molecule has 0 saturated heterocycles. The van der Waals surface area contributed by atoms with Crippen molar-refractivity contribution in [2.45, 2.75) is 20.8 Å². The first kappa shape index (κ1) is 13.6. The molecule has 0 aliphatic heterocycles. The molecule has 0 radical (unpaired) electrons. The molecule has 0 amide bonds. The molecule has 0 atom stereocenters. The molecule has 1 heteroatoms.